The number of ether oxygens (including phenoxy) is 2. The standard InChI is InChI=1S/C20H18ClN3O3S2/c1-3-22-20(28)24-23-11-12-8-9-14(15(10-12)26-2)27-19(25)18-17(21)13-6-4-5-7-16(13)29-18/h4-11H,3H2,1-2H3,(H2,22,24,28)/b23-11-. The van der Waals surface area contributed by atoms with E-state index < -0.39 is 5.97 Å². The quantitative estimate of drug-likeness (QED) is 0.189. The van der Waals surface area contributed by atoms with Crippen molar-refractivity contribution in [1.29, 1.82) is 0 Å². The number of hydrogen-bond acceptors (Lipinski definition) is 6. The molecule has 0 amide bonds. The fourth-order valence-electron chi connectivity index (χ4n) is 2.51. The molecule has 3 aromatic rings. The summed E-state index contributed by atoms with van der Waals surface area (Å²) in [5.41, 5.74) is 3.45. The molecule has 0 atom stereocenters. The fourth-order valence-corrected chi connectivity index (χ4v) is 4.09. The number of methoxy groups -OCH3 is 1. The van der Waals surface area contributed by atoms with Gasteiger partial charge in [0.25, 0.3) is 0 Å². The summed E-state index contributed by atoms with van der Waals surface area (Å²) in [6.45, 7) is 2.65. The number of thiophene rings is 1. The Morgan fingerprint density at radius 2 is 2.07 bits per heavy atom. The van der Waals surface area contributed by atoms with Gasteiger partial charge in [-0.2, -0.15) is 5.10 Å². The van der Waals surface area contributed by atoms with Gasteiger partial charge in [-0.25, -0.2) is 4.79 Å². The van der Waals surface area contributed by atoms with Crippen LogP contribution in [0, 0.1) is 0 Å². The molecule has 0 saturated heterocycles. The summed E-state index contributed by atoms with van der Waals surface area (Å²) >= 11 is 12.7. The number of carbonyl (C=O) groups is 1. The predicted octanol–water partition coefficient (Wildman–Crippen LogP) is 4.60. The molecular formula is C20H18ClN3O3S2. The summed E-state index contributed by atoms with van der Waals surface area (Å²) in [6, 6.07) is 12.6. The normalized spacial score (nSPS) is 10.9. The Morgan fingerprint density at radius 3 is 2.79 bits per heavy atom. The van der Waals surface area contributed by atoms with Gasteiger partial charge in [0.15, 0.2) is 16.6 Å². The molecule has 0 radical (unpaired) electrons. The molecule has 0 spiro atoms. The van der Waals surface area contributed by atoms with Crippen LogP contribution in [-0.4, -0.2) is 31.0 Å². The van der Waals surface area contributed by atoms with Crippen molar-refractivity contribution in [3.63, 3.8) is 0 Å². The molecule has 2 aromatic carbocycles. The third-order valence-corrected chi connectivity index (χ3v) is 5.72. The highest BCUT2D eigenvalue weighted by Gasteiger charge is 2.20. The van der Waals surface area contributed by atoms with Crippen molar-refractivity contribution in [2.24, 2.45) is 5.10 Å². The molecule has 0 saturated carbocycles. The number of hydrogen-bond donors (Lipinski definition) is 2. The van der Waals surface area contributed by atoms with Crippen LogP contribution >= 0.6 is 35.2 Å². The van der Waals surface area contributed by atoms with Gasteiger partial charge in [-0.15, -0.1) is 11.3 Å². The van der Waals surface area contributed by atoms with Gasteiger partial charge >= 0.3 is 5.97 Å². The minimum atomic E-state index is -0.534. The van der Waals surface area contributed by atoms with Crippen LogP contribution in [0.1, 0.15) is 22.2 Å². The molecule has 29 heavy (non-hydrogen) atoms. The molecule has 9 heteroatoms. The zero-order chi connectivity index (χ0) is 20.8. The second kappa shape index (κ2) is 9.69. The lowest BCUT2D eigenvalue weighted by molar-refractivity contribution is 0.0735. The van der Waals surface area contributed by atoms with E-state index >= 15 is 0 Å². The molecule has 0 unspecified atom stereocenters. The van der Waals surface area contributed by atoms with E-state index in [0.717, 1.165) is 15.6 Å². The van der Waals surface area contributed by atoms with Gasteiger partial charge in [0.2, 0.25) is 0 Å². The SMILES string of the molecule is CCNC(=S)N/N=C\c1ccc(OC(=O)c2sc3ccccc3c2Cl)c(OC)c1. The number of benzene rings is 2. The molecule has 0 fully saturated rings. The lowest BCUT2D eigenvalue weighted by Gasteiger charge is -2.09. The highest BCUT2D eigenvalue weighted by Crippen LogP contribution is 2.36. The van der Waals surface area contributed by atoms with E-state index in [0.29, 0.717) is 33.1 Å². The van der Waals surface area contributed by atoms with E-state index in [9.17, 15) is 4.79 Å². The van der Waals surface area contributed by atoms with Crippen molar-refractivity contribution in [3.05, 3.63) is 57.9 Å². The van der Waals surface area contributed by atoms with Crippen LogP contribution in [0.25, 0.3) is 10.1 Å². The molecule has 1 aromatic heterocycles. The van der Waals surface area contributed by atoms with E-state index in [4.69, 9.17) is 33.3 Å². The van der Waals surface area contributed by atoms with E-state index in [-0.39, 0.29) is 0 Å². The molecule has 0 aliphatic rings. The van der Waals surface area contributed by atoms with Gasteiger partial charge < -0.3 is 14.8 Å². The Hall–Kier alpha value is -2.68. The first kappa shape index (κ1) is 21.0. The van der Waals surface area contributed by atoms with Gasteiger partial charge in [0.1, 0.15) is 4.88 Å². The van der Waals surface area contributed by atoms with Crippen LogP contribution in [0.15, 0.2) is 47.6 Å². The second-order valence-electron chi connectivity index (χ2n) is 5.77. The number of carbonyl (C=O) groups excluding carboxylic acids is 1. The minimum absolute atomic E-state index is 0.291. The molecule has 150 valence electrons. The first-order chi connectivity index (χ1) is 14.0. The molecular weight excluding hydrogens is 430 g/mol. The monoisotopic (exact) mass is 447 g/mol. The molecule has 3 rings (SSSR count). The Morgan fingerprint density at radius 1 is 1.28 bits per heavy atom. The van der Waals surface area contributed by atoms with Crippen molar-refractivity contribution in [3.8, 4) is 11.5 Å². The summed E-state index contributed by atoms with van der Waals surface area (Å²) in [5.74, 6) is 0.154. The maximum absolute atomic E-state index is 12.7. The summed E-state index contributed by atoms with van der Waals surface area (Å²) in [5, 5.41) is 8.63. The maximum atomic E-state index is 12.7. The first-order valence-electron chi connectivity index (χ1n) is 8.67. The van der Waals surface area contributed by atoms with Crippen molar-refractivity contribution in [2.45, 2.75) is 6.92 Å². The summed E-state index contributed by atoms with van der Waals surface area (Å²) in [4.78, 5) is 13.0. The summed E-state index contributed by atoms with van der Waals surface area (Å²) < 4.78 is 11.8. The van der Waals surface area contributed by atoms with E-state index in [1.807, 2.05) is 31.2 Å². The number of halogens is 1. The number of rotatable bonds is 6. The molecule has 0 bridgehead atoms. The molecule has 2 N–H and O–H groups in total. The first-order valence-corrected chi connectivity index (χ1v) is 10.3. The van der Waals surface area contributed by atoms with Crippen LogP contribution < -0.4 is 20.2 Å². The second-order valence-corrected chi connectivity index (χ2v) is 7.61. The molecule has 0 aliphatic heterocycles. The topological polar surface area (TPSA) is 72.0 Å². The number of nitrogens with one attached hydrogen (secondary N) is 2. The summed E-state index contributed by atoms with van der Waals surface area (Å²) in [7, 11) is 1.50. The third kappa shape index (κ3) is 5.03. The van der Waals surface area contributed by atoms with Gasteiger partial charge in [0, 0.05) is 16.6 Å². The van der Waals surface area contributed by atoms with Crippen molar-refractivity contribution < 1.29 is 14.3 Å². The lowest BCUT2D eigenvalue weighted by Crippen LogP contribution is -2.31. The molecule has 6 nitrogen and oxygen atoms in total. The zero-order valence-corrected chi connectivity index (χ0v) is 18.1. The van der Waals surface area contributed by atoms with E-state index in [1.165, 1.54) is 18.4 Å². The Bertz CT molecular complexity index is 1080. The predicted molar refractivity (Wildman–Crippen MR) is 122 cm³/mol. The fraction of sp³-hybridized carbons (Fsp3) is 0.150. The third-order valence-electron chi connectivity index (χ3n) is 3.83. The number of thiocarbonyl (C=S) groups is 1. The zero-order valence-electron chi connectivity index (χ0n) is 15.7. The van der Waals surface area contributed by atoms with Crippen molar-refractivity contribution >= 4 is 62.5 Å². The van der Waals surface area contributed by atoms with Crippen molar-refractivity contribution in [2.75, 3.05) is 13.7 Å². The number of hydrazone groups is 1. The van der Waals surface area contributed by atoms with Crippen LogP contribution in [0.5, 0.6) is 11.5 Å². The van der Waals surface area contributed by atoms with Crippen LogP contribution in [-0.2, 0) is 0 Å². The largest absolute Gasteiger partial charge is 0.493 e. The van der Waals surface area contributed by atoms with Gasteiger partial charge in [-0.3, -0.25) is 5.43 Å². The Kier molecular flexibility index (Phi) is 7.03. The van der Waals surface area contributed by atoms with E-state index in [2.05, 4.69) is 15.8 Å². The minimum Gasteiger partial charge on any atom is -0.493 e. The lowest BCUT2D eigenvalue weighted by atomic mass is 10.2. The van der Waals surface area contributed by atoms with Crippen LogP contribution in [0.4, 0.5) is 0 Å². The Balaban J connectivity index is 1.76. The van der Waals surface area contributed by atoms with Gasteiger partial charge in [-0.1, -0.05) is 29.8 Å². The molecule has 0 aliphatic carbocycles. The van der Waals surface area contributed by atoms with Gasteiger partial charge in [0.05, 0.1) is 18.3 Å². The Labute approximate surface area is 182 Å². The number of esters is 1. The van der Waals surface area contributed by atoms with E-state index in [1.54, 1.807) is 24.4 Å². The highest BCUT2D eigenvalue weighted by molar-refractivity contribution is 7.80. The smallest absolute Gasteiger partial charge is 0.355 e. The number of fused-ring (bicyclic) bond motifs is 1. The average molecular weight is 448 g/mol. The van der Waals surface area contributed by atoms with Crippen LogP contribution in [0.2, 0.25) is 5.02 Å². The number of nitrogens with zero attached hydrogens (tertiary/aromatic N) is 1. The van der Waals surface area contributed by atoms with Gasteiger partial charge in [-0.05, 0) is 49.0 Å². The molecule has 1 heterocycles. The average Bonchev–Trinajstić information content (AvgIpc) is 3.06. The van der Waals surface area contributed by atoms with Crippen molar-refractivity contribution in [1.82, 2.24) is 10.7 Å². The maximum Gasteiger partial charge on any atom is 0.355 e. The summed E-state index contributed by atoms with van der Waals surface area (Å²) in [6.07, 6.45) is 1.58. The van der Waals surface area contributed by atoms with Crippen LogP contribution in [0.3, 0.4) is 0 Å². The highest BCUT2D eigenvalue weighted by atomic mass is 35.5.